The first kappa shape index (κ1) is 13.5. The molecule has 0 radical (unpaired) electrons. The number of methoxy groups -OCH3 is 1. The van der Waals surface area contributed by atoms with Crippen LogP contribution in [0.4, 0.5) is 5.69 Å². The number of hydrogen-bond donors (Lipinski definition) is 0. The van der Waals surface area contributed by atoms with E-state index in [1.165, 1.54) is 16.8 Å². The molecule has 0 saturated carbocycles. The third kappa shape index (κ3) is 3.08. The summed E-state index contributed by atoms with van der Waals surface area (Å²) in [6.07, 6.45) is 0. The average molecular weight is 255 g/mol. The summed E-state index contributed by atoms with van der Waals surface area (Å²) < 4.78 is 5.20. The highest BCUT2D eigenvalue weighted by Gasteiger charge is 2.09. The minimum atomic E-state index is 0.380. The lowest BCUT2D eigenvalue weighted by Gasteiger charge is -2.17. The Bertz CT molecular complexity index is 531. The van der Waals surface area contributed by atoms with Gasteiger partial charge < -0.3 is 9.64 Å². The Labute approximate surface area is 115 Å². The summed E-state index contributed by atoms with van der Waals surface area (Å²) in [7, 11) is 5.83. The molecule has 0 aromatic heterocycles. The predicted octanol–water partition coefficient (Wildman–Crippen LogP) is 3.91. The van der Waals surface area contributed by atoms with E-state index in [-0.39, 0.29) is 0 Å². The molecular formula is C17H21NO. The van der Waals surface area contributed by atoms with Crippen molar-refractivity contribution in [3.05, 3.63) is 59.7 Å². The lowest BCUT2D eigenvalue weighted by atomic mass is 9.93. The Morgan fingerprint density at radius 1 is 0.947 bits per heavy atom. The molecule has 0 heterocycles. The van der Waals surface area contributed by atoms with E-state index in [4.69, 9.17) is 4.74 Å². The maximum Gasteiger partial charge on any atom is 0.118 e. The summed E-state index contributed by atoms with van der Waals surface area (Å²) in [4.78, 5) is 2.13. The third-order valence-electron chi connectivity index (χ3n) is 3.50. The normalized spacial score (nSPS) is 12.0. The Morgan fingerprint density at radius 3 is 2.21 bits per heavy atom. The van der Waals surface area contributed by atoms with Crippen LogP contribution in [0.5, 0.6) is 5.75 Å². The zero-order valence-corrected chi connectivity index (χ0v) is 12.1. The molecule has 0 unspecified atom stereocenters. The van der Waals surface area contributed by atoms with Crippen molar-refractivity contribution < 1.29 is 4.74 Å². The van der Waals surface area contributed by atoms with Crippen molar-refractivity contribution in [2.45, 2.75) is 12.8 Å². The Balaban J connectivity index is 2.27. The average Bonchev–Trinajstić information content (AvgIpc) is 2.46. The monoisotopic (exact) mass is 255 g/mol. The van der Waals surface area contributed by atoms with Crippen LogP contribution in [0.2, 0.25) is 0 Å². The molecule has 2 heteroatoms. The number of ether oxygens (including phenoxy) is 1. The molecular weight excluding hydrogens is 234 g/mol. The first-order chi connectivity index (χ1) is 9.11. The molecule has 0 aliphatic rings. The van der Waals surface area contributed by atoms with Crippen LogP contribution in [0.15, 0.2) is 48.5 Å². The zero-order valence-electron chi connectivity index (χ0n) is 12.1. The van der Waals surface area contributed by atoms with Crippen LogP contribution in [-0.2, 0) is 0 Å². The van der Waals surface area contributed by atoms with Gasteiger partial charge >= 0.3 is 0 Å². The van der Waals surface area contributed by atoms with Crippen LogP contribution >= 0.6 is 0 Å². The summed E-state index contributed by atoms with van der Waals surface area (Å²) in [5.74, 6) is 1.28. The van der Waals surface area contributed by atoms with E-state index in [0.717, 1.165) is 5.75 Å². The molecule has 2 rings (SSSR count). The lowest BCUT2D eigenvalue weighted by molar-refractivity contribution is 0.414. The van der Waals surface area contributed by atoms with Crippen molar-refractivity contribution >= 4 is 5.69 Å². The molecule has 0 bridgehead atoms. The second-order valence-electron chi connectivity index (χ2n) is 4.98. The largest absolute Gasteiger partial charge is 0.497 e. The van der Waals surface area contributed by atoms with Crippen LogP contribution < -0.4 is 9.64 Å². The lowest BCUT2D eigenvalue weighted by Crippen LogP contribution is -2.09. The van der Waals surface area contributed by atoms with Gasteiger partial charge in [0.2, 0.25) is 0 Å². The molecule has 2 aromatic carbocycles. The van der Waals surface area contributed by atoms with Gasteiger partial charge in [0.1, 0.15) is 5.75 Å². The highest BCUT2D eigenvalue weighted by atomic mass is 16.5. The SMILES string of the molecule is COc1ccc([C@@H](C)c2cccc(N(C)C)c2)cc1. The zero-order chi connectivity index (χ0) is 13.8. The number of nitrogens with zero attached hydrogens (tertiary/aromatic N) is 1. The third-order valence-corrected chi connectivity index (χ3v) is 3.50. The minimum absolute atomic E-state index is 0.380. The fraction of sp³-hybridized carbons (Fsp3) is 0.294. The Morgan fingerprint density at radius 2 is 1.63 bits per heavy atom. The van der Waals surface area contributed by atoms with Crippen LogP contribution in [0.3, 0.4) is 0 Å². The van der Waals surface area contributed by atoms with Crippen molar-refractivity contribution in [3.63, 3.8) is 0 Å². The molecule has 2 aromatic rings. The van der Waals surface area contributed by atoms with Crippen LogP contribution in [0, 0.1) is 0 Å². The smallest absolute Gasteiger partial charge is 0.118 e. The van der Waals surface area contributed by atoms with E-state index >= 15 is 0 Å². The van der Waals surface area contributed by atoms with Crippen molar-refractivity contribution in [2.75, 3.05) is 26.1 Å². The molecule has 0 aliphatic heterocycles. The molecule has 0 N–H and O–H groups in total. The molecule has 0 amide bonds. The number of rotatable bonds is 4. The van der Waals surface area contributed by atoms with Crippen molar-refractivity contribution in [1.29, 1.82) is 0 Å². The summed E-state index contributed by atoms with van der Waals surface area (Å²) in [5, 5.41) is 0. The molecule has 19 heavy (non-hydrogen) atoms. The number of hydrogen-bond acceptors (Lipinski definition) is 2. The standard InChI is InChI=1S/C17H21NO/c1-13(14-8-10-17(19-4)11-9-14)15-6-5-7-16(12-15)18(2)3/h5-13H,1-4H3/t13-/m1/s1. The van der Waals surface area contributed by atoms with Crippen molar-refractivity contribution in [2.24, 2.45) is 0 Å². The predicted molar refractivity (Wildman–Crippen MR) is 81.3 cm³/mol. The van der Waals surface area contributed by atoms with Gasteiger partial charge in [-0.1, -0.05) is 31.2 Å². The van der Waals surface area contributed by atoms with Gasteiger partial charge in [0.25, 0.3) is 0 Å². The second-order valence-corrected chi connectivity index (χ2v) is 4.98. The second kappa shape index (κ2) is 5.79. The molecule has 0 saturated heterocycles. The molecule has 2 nitrogen and oxygen atoms in total. The van der Waals surface area contributed by atoms with E-state index in [1.807, 2.05) is 12.1 Å². The van der Waals surface area contributed by atoms with Gasteiger partial charge in [0, 0.05) is 25.7 Å². The van der Waals surface area contributed by atoms with Crippen LogP contribution in [0.1, 0.15) is 24.0 Å². The van der Waals surface area contributed by atoms with Gasteiger partial charge in [-0.25, -0.2) is 0 Å². The maximum atomic E-state index is 5.20. The van der Waals surface area contributed by atoms with E-state index < -0.39 is 0 Å². The van der Waals surface area contributed by atoms with Gasteiger partial charge in [-0.15, -0.1) is 0 Å². The Hall–Kier alpha value is -1.96. The minimum Gasteiger partial charge on any atom is -0.497 e. The fourth-order valence-electron chi connectivity index (χ4n) is 2.16. The van der Waals surface area contributed by atoms with E-state index in [9.17, 15) is 0 Å². The summed E-state index contributed by atoms with van der Waals surface area (Å²) in [5.41, 5.74) is 3.87. The van der Waals surface area contributed by atoms with Gasteiger partial charge in [-0.2, -0.15) is 0 Å². The highest BCUT2D eigenvalue weighted by Crippen LogP contribution is 2.27. The molecule has 0 aliphatic carbocycles. The number of benzene rings is 2. The summed E-state index contributed by atoms with van der Waals surface area (Å²) >= 11 is 0. The molecule has 1 atom stereocenters. The first-order valence-corrected chi connectivity index (χ1v) is 6.53. The van der Waals surface area contributed by atoms with Crippen molar-refractivity contribution in [1.82, 2.24) is 0 Å². The molecule has 0 fully saturated rings. The van der Waals surface area contributed by atoms with Gasteiger partial charge in [-0.3, -0.25) is 0 Å². The fourth-order valence-corrected chi connectivity index (χ4v) is 2.16. The van der Waals surface area contributed by atoms with Crippen molar-refractivity contribution in [3.8, 4) is 5.75 Å². The van der Waals surface area contributed by atoms with E-state index in [2.05, 4.69) is 62.3 Å². The van der Waals surface area contributed by atoms with E-state index in [0.29, 0.717) is 5.92 Å². The number of anilines is 1. The summed E-state index contributed by atoms with van der Waals surface area (Å²) in [6.45, 7) is 2.23. The first-order valence-electron chi connectivity index (χ1n) is 6.53. The molecule has 0 spiro atoms. The topological polar surface area (TPSA) is 12.5 Å². The molecule has 100 valence electrons. The van der Waals surface area contributed by atoms with Gasteiger partial charge in [-0.05, 0) is 35.4 Å². The van der Waals surface area contributed by atoms with Gasteiger partial charge in [0.15, 0.2) is 0 Å². The maximum absolute atomic E-state index is 5.20. The quantitative estimate of drug-likeness (QED) is 0.821. The Kier molecular flexibility index (Phi) is 4.10. The van der Waals surface area contributed by atoms with Crippen LogP contribution in [-0.4, -0.2) is 21.2 Å². The summed E-state index contributed by atoms with van der Waals surface area (Å²) in [6, 6.07) is 17.0. The highest BCUT2D eigenvalue weighted by molar-refractivity contribution is 5.49. The van der Waals surface area contributed by atoms with Crippen LogP contribution in [0.25, 0.3) is 0 Å². The van der Waals surface area contributed by atoms with Gasteiger partial charge in [0.05, 0.1) is 7.11 Å². The van der Waals surface area contributed by atoms with E-state index in [1.54, 1.807) is 7.11 Å².